The lowest BCUT2D eigenvalue weighted by atomic mass is 9.70. The van der Waals surface area contributed by atoms with Crippen LogP contribution in [0.15, 0.2) is 77.9 Å². The van der Waals surface area contributed by atoms with Gasteiger partial charge in [0.25, 0.3) is 0 Å². The third-order valence-electron chi connectivity index (χ3n) is 5.18. The first kappa shape index (κ1) is 14.5. The second-order valence-corrected chi connectivity index (χ2v) is 7.17. The van der Waals surface area contributed by atoms with Crippen LogP contribution in [0.25, 0.3) is 6.08 Å². The van der Waals surface area contributed by atoms with Crippen LogP contribution in [-0.4, -0.2) is 0 Å². The number of allylic oxidation sites excluding steroid dienone is 3. The first-order chi connectivity index (χ1) is 11.3. The summed E-state index contributed by atoms with van der Waals surface area (Å²) < 4.78 is 0. The molecule has 0 heterocycles. The molecule has 1 saturated carbocycles. The Kier molecular flexibility index (Phi) is 4.15. The number of hydrogen-bond acceptors (Lipinski definition) is 0. The zero-order valence-corrected chi connectivity index (χ0v) is 13.6. The van der Waals surface area contributed by atoms with Crippen LogP contribution in [-0.2, 0) is 6.42 Å². The normalized spacial score (nSPS) is 25.2. The van der Waals surface area contributed by atoms with E-state index in [1.54, 1.807) is 11.1 Å². The quantitative estimate of drug-likeness (QED) is 0.604. The molecule has 2 aromatic rings. The van der Waals surface area contributed by atoms with E-state index in [9.17, 15) is 0 Å². The fraction of sp³-hybridized carbons (Fsp3) is 0.304. The van der Waals surface area contributed by atoms with Gasteiger partial charge in [-0.05, 0) is 55.1 Å². The molecule has 0 heteroatoms. The predicted octanol–water partition coefficient (Wildman–Crippen LogP) is 6.06. The third-order valence-corrected chi connectivity index (χ3v) is 5.18. The maximum atomic E-state index is 2.58. The Hall–Kier alpha value is -2.08. The molecular formula is C23H24. The maximum Gasteiger partial charge on any atom is -0.00669 e. The Labute approximate surface area is 139 Å². The van der Waals surface area contributed by atoms with Crippen molar-refractivity contribution in [3.8, 4) is 0 Å². The van der Waals surface area contributed by atoms with Gasteiger partial charge in [0.15, 0.2) is 0 Å². The van der Waals surface area contributed by atoms with E-state index in [0.29, 0.717) is 0 Å². The SMILES string of the molecule is C1=C(Cc2ccccc2)C[C@@H]2C/C(=C\c3ccccc3)C[C@H]1C2. The minimum Gasteiger partial charge on any atom is -0.0815 e. The molecule has 2 aliphatic carbocycles. The molecule has 0 saturated heterocycles. The summed E-state index contributed by atoms with van der Waals surface area (Å²) in [5.41, 5.74) is 6.12. The summed E-state index contributed by atoms with van der Waals surface area (Å²) >= 11 is 0. The van der Waals surface area contributed by atoms with Crippen LogP contribution >= 0.6 is 0 Å². The molecule has 4 rings (SSSR count). The molecule has 116 valence electrons. The average molecular weight is 300 g/mol. The highest BCUT2D eigenvalue weighted by Crippen LogP contribution is 2.42. The second-order valence-electron chi connectivity index (χ2n) is 7.17. The Balaban J connectivity index is 1.48. The summed E-state index contributed by atoms with van der Waals surface area (Å²) in [6, 6.07) is 21.7. The molecule has 2 aliphatic rings. The van der Waals surface area contributed by atoms with E-state index in [-0.39, 0.29) is 0 Å². The Morgan fingerprint density at radius 1 is 0.826 bits per heavy atom. The minimum absolute atomic E-state index is 0.760. The third kappa shape index (κ3) is 3.64. The van der Waals surface area contributed by atoms with Gasteiger partial charge in [0.1, 0.15) is 0 Å². The number of rotatable bonds is 3. The Morgan fingerprint density at radius 3 is 2.30 bits per heavy atom. The van der Waals surface area contributed by atoms with Crippen molar-refractivity contribution in [2.75, 3.05) is 0 Å². The summed E-state index contributed by atoms with van der Waals surface area (Å²) in [4.78, 5) is 0. The van der Waals surface area contributed by atoms with Crippen molar-refractivity contribution < 1.29 is 0 Å². The summed E-state index contributed by atoms with van der Waals surface area (Å²) in [6.07, 6.45) is 11.4. The van der Waals surface area contributed by atoms with Gasteiger partial charge in [-0.1, -0.05) is 84.0 Å². The van der Waals surface area contributed by atoms with E-state index in [2.05, 4.69) is 72.8 Å². The molecule has 2 bridgehead atoms. The van der Waals surface area contributed by atoms with E-state index >= 15 is 0 Å². The van der Waals surface area contributed by atoms with Gasteiger partial charge in [-0.25, -0.2) is 0 Å². The standard InChI is InChI=1S/C23H24/c1-3-7-18(8-4-1)11-20-13-22-15-21(16-23(14-20)17-22)12-19-9-5-2-6-10-19/h1-11,15,22-23H,12-14,16-17H2/b20-11-/t22-,23+/m1/s1. The number of benzene rings is 2. The molecule has 0 N–H and O–H groups in total. The number of hydrogen-bond donors (Lipinski definition) is 0. The molecular weight excluding hydrogens is 276 g/mol. The average Bonchev–Trinajstić information content (AvgIpc) is 2.56. The van der Waals surface area contributed by atoms with E-state index in [4.69, 9.17) is 0 Å². The molecule has 2 atom stereocenters. The molecule has 0 nitrogen and oxygen atoms in total. The molecule has 0 aliphatic heterocycles. The van der Waals surface area contributed by atoms with Crippen molar-refractivity contribution in [3.05, 3.63) is 89.0 Å². The summed E-state index contributed by atoms with van der Waals surface area (Å²) in [5, 5.41) is 0. The fourth-order valence-corrected chi connectivity index (χ4v) is 4.33. The highest BCUT2D eigenvalue weighted by molar-refractivity contribution is 5.53. The zero-order valence-electron chi connectivity index (χ0n) is 13.6. The highest BCUT2D eigenvalue weighted by Gasteiger charge is 2.28. The lowest BCUT2D eigenvalue weighted by molar-refractivity contribution is 0.335. The molecule has 23 heavy (non-hydrogen) atoms. The van der Waals surface area contributed by atoms with Crippen LogP contribution in [0.1, 0.15) is 36.8 Å². The van der Waals surface area contributed by atoms with Gasteiger partial charge in [-0.15, -0.1) is 0 Å². The minimum atomic E-state index is 0.760. The smallest absolute Gasteiger partial charge is 0.00669 e. The fourth-order valence-electron chi connectivity index (χ4n) is 4.33. The lowest BCUT2D eigenvalue weighted by Gasteiger charge is -2.35. The van der Waals surface area contributed by atoms with Gasteiger partial charge >= 0.3 is 0 Å². The number of fused-ring (bicyclic) bond motifs is 2. The Morgan fingerprint density at radius 2 is 1.57 bits per heavy atom. The van der Waals surface area contributed by atoms with Gasteiger partial charge in [0.05, 0.1) is 0 Å². The van der Waals surface area contributed by atoms with Crippen molar-refractivity contribution in [3.63, 3.8) is 0 Å². The van der Waals surface area contributed by atoms with Crippen LogP contribution in [0.5, 0.6) is 0 Å². The van der Waals surface area contributed by atoms with Crippen molar-refractivity contribution in [1.82, 2.24) is 0 Å². The molecule has 0 amide bonds. The van der Waals surface area contributed by atoms with Gasteiger partial charge < -0.3 is 0 Å². The van der Waals surface area contributed by atoms with Crippen molar-refractivity contribution in [2.24, 2.45) is 11.8 Å². The molecule has 0 radical (unpaired) electrons. The largest absolute Gasteiger partial charge is 0.0815 e. The summed E-state index contributed by atoms with van der Waals surface area (Å²) in [5.74, 6) is 1.61. The maximum absolute atomic E-state index is 2.58. The van der Waals surface area contributed by atoms with Crippen molar-refractivity contribution >= 4 is 6.08 Å². The van der Waals surface area contributed by atoms with Crippen LogP contribution in [0.3, 0.4) is 0 Å². The first-order valence-electron chi connectivity index (χ1n) is 8.83. The van der Waals surface area contributed by atoms with E-state index in [1.807, 2.05) is 0 Å². The van der Waals surface area contributed by atoms with E-state index in [1.165, 1.54) is 36.8 Å². The molecule has 2 aromatic carbocycles. The van der Waals surface area contributed by atoms with Crippen LogP contribution in [0, 0.1) is 11.8 Å². The van der Waals surface area contributed by atoms with Crippen molar-refractivity contribution in [2.45, 2.75) is 32.1 Å². The highest BCUT2D eigenvalue weighted by atomic mass is 14.3. The first-order valence-corrected chi connectivity index (χ1v) is 8.83. The topological polar surface area (TPSA) is 0 Å². The van der Waals surface area contributed by atoms with Crippen molar-refractivity contribution in [1.29, 1.82) is 0 Å². The van der Waals surface area contributed by atoms with Crippen LogP contribution in [0.4, 0.5) is 0 Å². The van der Waals surface area contributed by atoms with Gasteiger partial charge in [-0.3, -0.25) is 0 Å². The summed E-state index contributed by atoms with van der Waals surface area (Å²) in [7, 11) is 0. The van der Waals surface area contributed by atoms with Gasteiger partial charge in [-0.2, -0.15) is 0 Å². The molecule has 0 spiro atoms. The second kappa shape index (κ2) is 6.58. The molecule has 0 unspecified atom stereocenters. The van der Waals surface area contributed by atoms with Crippen LogP contribution < -0.4 is 0 Å². The van der Waals surface area contributed by atoms with E-state index < -0.39 is 0 Å². The summed E-state index contributed by atoms with van der Waals surface area (Å²) in [6.45, 7) is 0. The lowest BCUT2D eigenvalue weighted by Crippen LogP contribution is -2.21. The molecule has 1 fully saturated rings. The van der Waals surface area contributed by atoms with Crippen LogP contribution in [0.2, 0.25) is 0 Å². The predicted molar refractivity (Wildman–Crippen MR) is 98.1 cm³/mol. The monoisotopic (exact) mass is 300 g/mol. The Bertz CT molecular complexity index is 706. The van der Waals surface area contributed by atoms with Gasteiger partial charge in [0.2, 0.25) is 0 Å². The molecule has 0 aromatic heterocycles. The van der Waals surface area contributed by atoms with Gasteiger partial charge in [0, 0.05) is 0 Å². The van der Waals surface area contributed by atoms with E-state index in [0.717, 1.165) is 18.3 Å². The zero-order chi connectivity index (χ0) is 15.5.